The van der Waals surface area contributed by atoms with Crippen LogP contribution in [0, 0.1) is 11.3 Å². The summed E-state index contributed by atoms with van der Waals surface area (Å²) < 4.78 is 5.80. The van der Waals surface area contributed by atoms with Gasteiger partial charge >= 0.3 is 0 Å². The monoisotopic (exact) mass is 362 g/mol. The number of benzene rings is 2. The molecule has 0 aliphatic carbocycles. The van der Waals surface area contributed by atoms with Crippen LogP contribution in [0.4, 0.5) is 0 Å². The molecule has 0 amide bonds. The minimum absolute atomic E-state index is 0.0215. The minimum Gasteiger partial charge on any atom is -0.488 e. The van der Waals surface area contributed by atoms with Gasteiger partial charge in [-0.1, -0.05) is 47.6 Å². The largest absolute Gasteiger partial charge is 0.488 e. The molecule has 0 spiro atoms. The first kappa shape index (κ1) is 17.3. The van der Waals surface area contributed by atoms with Crippen LogP contribution in [0.2, 0.25) is 10.0 Å². The van der Waals surface area contributed by atoms with Gasteiger partial charge in [-0.2, -0.15) is 5.26 Å². The molecule has 0 radical (unpaired) electrons. The molecule has 0 unspecified atom stereocenters. The molecule has 3 nitrogen and oxygen atoms in total. The number of hydrogen-bond acceptors (Lipinski definition) is 3. The zero-order valence-electron chi connectivity index (χ0n) is 11.9. The number of thiocarbonyl (C=S) groups is 1. The Hall–Kier alpha value is -2.06. The normalized spacial score (nSPS) is 10.9. The van der Waals surface area contributed by atoms with Crippen molar-refractivity contribution in [3.05, 3.63) is 69.2 Å². The van der Waals surface area contributed by atoms with Crippen molar-refractivity contribution in [2.45, 2.75) is 6.61 Å². The molecular formula is C17H12Cl2N2OS. The molecule has 2 rings (SSSR count). The fraction of sp³-hybridized carbons (Fsp3) is 0.0588. The van der Waals surface area contributed by atoms with Crippen LogP contribution in [0.1, 0.15) is 11.1 Å². The van der Waals surface area contributed by atoms with Crippen LogP contribution in [-0.2, 0) is 6.61 Å². The van der Waals surface area contributed by atoms with E-state index >= 15 is 0 Å². The molecule has 0 fully saturated rings. The van der Waals surface area contributed by atoms with Gasteiger partial charge in [-0.25, -0.2) is 0 Å². The van der Waals surface area contributed by atoms with Crippen LogP contribution in [0.3, 0.4) is 0 Å². The second-order valence-electron chi connectivity index (χ2n) is 4.63. The van der Waals surface area contributed by atoms with Gasteiger partial charge in [0.1, 0.15) is 23.4 Å². The highest BCUT2D eigenvalue weighted by atomic mass is 35.5. The Kier molecular flexibility index (Phi) is 6.00. The lowest BCUT2D eigenvalue weighted by Gasteiger charge is -2.10. The van der Waals surface area contributed by atoms with Crippen LogP contribution in [0.25, 0.3) is 6.08 Å². The van der Waals surface area contributed by atoms with E-state index in [-0.39, 0.29) is 10.6 Å². The Labute approximate surface area is 149 Å². The molecule has 116 valence electrons. The van der Waals surface area contributed by atoms with Gasteiger partial charge < -0.3 is 10.5 Å². The number of hydrogen-bond donors (Lipinski definition) is 1. The Morgan fingerprint density at radius 3 is 2.61 bits per heavy atom. The molecular weight excluding hydrogens is 351 g/mol. The van der Waals surface area contributed by atoms with E-state index < -0.39 is 0 Å². The molecule has 0 saturated heterocycles. The summed E-state index contributed by atoms with van der Waals surface area (Å²) in [4.78, 5) is 0.0215. The van der Waals surface area contributed by atoms with Gasteiger partial charge in [0.2, 0.25) is 0 Å². The van der Waals surface area contributed by atoms with E-state index in [4.69, 9.17) is 51.2 Å². The van der Waals surface area contributed by atoms with Gasteiger partial charge in [-0.15, -0.1) is 0 Å². The van der Waals surface area contributed by atoms with E-state index in [9.17, 15) is 0 Å². The average molecular weight is 363 g/mol. The average Bonchev–Trinajstić information content (AvgIpc) is 2.51. The molecule has 0 aromatic heterocycles. The van der Waals surface area contributed by atoms with Crippen LogP contribution < -0.4 is 10.5 Å². The van der Waals surface area contributed by atoms with Gasteiger partial charge in [-0.3, -0.25) is 0 Å². The van der Waals surface area contributed by atoms with Gasteiger partial charge in [0.15, 0.2) is 0 Å². The Bertz CT molecular complexity index is 812. The summed E-state index contributed by atoms with van der Waals surface area (Å²) in [7, 11) is 0. The summed E-state index contributed by atoms with van der Waals surface area (Å²) in [5.41, 5.74) is 7.26. The molecule has 0 aliphatic heterocycles. The summed E-state index contributed by atoms with van der Waals surface area (Å²) in [6.07, 6.45) is 1.56. The van der Waals surface area contributed by atoms with Crippen LogP contribution in [0.5, 0.6) is 5.75 Å². The van der Waals surface area contributed by atoms with Crippen molar-refractivity contribution in [2.75, 3.05) is 0 Å². The van der Waals surface area contributed by atoms with Gasteiger partial charge in [0, 0.05) is 15.6 Å². The van der Waals surface area contributed by atoms with Gasteiger partial charge in [0.25, 0.3) is 0 Å². The van der Waals surface area contributed by atoms with Crippen molar-refractivity contribution < 1.29 is 4.74 Å². The maximum atomic E-state index is 9.08. The maximum absolute atomic E-state index is 9.08. The fourth-order valence-corrected chi connectivity index (χ4v) is 2.36. The van der Waals surface area contributed by atoms with Crippen molar-refractivity contribution in [3.8, 4) is 11.8 Å². The minimum atomic E-state index is 0.0215. The Morgan fingerprint density at radius 2 is 1.96 bits per heavy atom. The summed E-state index contributed by atoms with van der Waals surface area (Å²) in [6, 6.07) is 14.5. The third-order valence-corrected chi connectivity index (χ3v) is 3.63. The SMILES string of the molecule is N#C/C(=C\c1cc(Cl)ccc1OCc1cccc(Cl)c1)C(N)=S. The Balaban J connectivity index is 2.29. The lowest BCUT2D eigenvalue weighted by Crippen LogP contribution is -2.09. The van der Waals surface area contributed by atoms with E-state index in [1.807, 2.05) is 24.3 Å². The number of nitriles is 1. The highest BCUT2D eigenvalue weighted by molar-refractivity contribution is 7.80. The van der Waals surface area contributed by atoms with E-state index in [0.29, 0.717) is 28.0 Å². The maximum Gasteiger partial charge on any atom is 0.127 e. The van der Waals surface area contributed by atoms with Crippen LogP contribution >= 0.6 is 35.4 Å². The van der Waals surface area contributed by atoms with E-state index in [1.54, 1.807) is 30.3 Å². The number of nitrogens with two attached hydrogens (primary N) is 1. The summed E-state index contributed by atoms with van der Waals surface area (Å²) in [6.45, 7) is 0.331. The van der Waals surface area contributed by atoms with E-state index in [2.05, 4.69) is 0 Å². The van der Waals surface area contributed by atoms with Crippen LogP contribution in [0.15, 0.2) is 48.0 Å². The molecule has 23 heavy (non-hydrogen) atoms. The lowest BCUT2D eigenvalue weighted by molar-refractivity contribution is 0.305. The first-order valence-corrected chi connectivity index (χ1v) is 7.74. The third-order valence-electron chi connectivity index (χ3n) is 2.94. The molecule has 0 bridgehead atoms. The van der Waals surface area contributed by atoms with Gasteiger partial charge in [-0.05, 0) is 42.0 Å². The molecule has 0 saturated carbocycles. The molecule has 0 aliphatic rings. The summed E-state index contributed by atoms with van der Waals surface area (Å²) in [5, 5.41) is 10.2. The second-order valence-corrected chi connectivity index (χ2v) is 5.95. The smallest absolute Gasteiger partial charge is 0.127 e. The zero-order valence-corrected chi connectivity index (χ0v) is 14.3. The molecule has 0 heterocycles. The number of halogens is 2. The molecule has 2 aromatic rings. The molecule has 6 heteroatoms. The summed E-state index contributed by atoms with van der Waals surface area (Å²) in [5.74, 6) is 0.568. The lowest BCUT2D eigenvalue weighted by atomic mass is 10.1. The highest BCUT2D eigenvalue weighted by Crippen LogP contribution is 2.26. The molecule has 2 N–H and O–H groups in total. The predicted molar refractivity (Wildman–Crippen MR) is 97.6 cm³/mol. The number of rotatable bonds is 5. The topological polar surface area (TPSA) is 59.0 Å². The van der Waals surface area contributed by atoms with Gasteiger partial charge in [0.05, 0.1) is 5.57 Å². The molecule has 0 atom stereocenters. The first-order valence-electron chi connectivity index (χ1n) is 6.58. The second kappa shape index (κ2) is 7.98. The van der Waals surface area contributed by atoms with E-state index in [0.717, 1.165) is 5.56 Å². The van der Waals surface area contributed by atoms with Crippen LogP contribution in [-0.4, -0.2) is 4.99 Å². The highest BCUT2D eigenvalue weighted by Gasteiger charge is 2.07. The standard InChI is InChI=1S/C17H12Cl2N2OS/c18-14-3-1-2-11(6-14)10-22-16-5-4-15(19)8-12(16)7-13(9-20)17(21)23/h1-8H,10H2,(H2,21,23)/b13-7+. The fourth-order valence-electron chi connectivity index (χ4n) is 1.87. The van der Waals surface area contributed by atoms with Crippen molar-refractivity contribution >= 4 is 46.5 Å². The quantitative estimate of drug-likeness (QED) is 0.472. The summed E-state index contributed by atoms with van der Waals surface area (Å²) >= 11 is 16.8. The van der Waals surface area contributed by atoms with E-state index in [1.165, 1.54) is 0 Å². The molecule has 2 aromatic carbocycles. The zero-order chi connectivity index (χ0) is 16.8. The number of nitrogens with zero attached hydrogens (tertiary/aromatic N) is 1. The van der Waals surface area contributed by atoms with Crippen molar-refractivity contribution in [1.82, 2.24) is 0 Å². The third kappa shape index (κ3) is 4.97. The van der Waals surface area contributed by atoms with Crippen molar-refractivity contribution in [1.29, 1.82) is 5.26 Å². The van der Waals surface area contributed by atoms with Crippen molar-refractivity contribution in [2.24, 2.45) is 5.73 Å². The predicted octanol–water partition coefficient (Wildman–Crippen LogP) is 4.77. The van der Waals surface area contributed by atoms with Crippen molar-refractivity contribution in [3.63, 3.8) is 0 Å². The number of ether oxygens (including phenoxy) is 1. The first-order chi connectivity index (χ1) is 11.0. The Morgan fingerprint density at radius 1 is 1.22 bits per heavy atom.